The molecule has 2 aromatic carbocycles. The van der Waals surface area contributed by atoms with Crippen LogP contribution in [-0.2, 0) is 0 Å². The monoisotopic (exact) mass is 326 g/mol. The fraction of sp³-hybridized carbons (Fsp3) is 0.316. The normalized spacial score (nSPS) is 11.3. The van der Waals surface area contributed by atoms with E-state index in [1.165, 1.54) is 4.70 Å². The van der Waals surface area contributed by atoms with Crippen LogP contribution in [-0.4, -0.2) is 36.1 Å². The van der Waals surface area contributed by atoms with Crippen molar-refractivity contribution in [1.29, 1.82) is 0 Å². The molecule has 0 saturated carbocycles. The molecule has 3 rings (SSSR count). The van der Waals surface area contributed by atoms with Gasteiger partial charge in [-0.3, -0.25) is 0 Å². The fourth-order valence-electron chi connectivity index (χ4n) is 2.52. The largest absolute Gasteiger partial charge is 0.492 e. The maximum atomic E-state index is 5.83. The average Bonchev–Trinajstić information content (AvgIpc) is 3.03. The van der Waals surface area contributed by atoms with E-state index in [-0.39, 0.29) is 0 Å². The molecule has 0 N–H and O–H groups in total. The van der Waals surface area contributed by atoms with Gasteiger partial charge in [0.05, 0.1) is 10.2 Å². The summed E-state index contributed by atoms with van der Waals surface area (Å²) < 4.78 is 7.06. The standard InChI is InChI=1S/C19H22N2OS/c1-3-21(4-2)13-14-22-16-11-9-15(10-12-16)19-20-17-7-5-6-8-18(17)23-19/h5-12H,3-4,13-14H2,1-2H3. The summed E-state index contributed by atoms with van der Waals surface area (Å²) in [6.07, 6.45) is 0. The first-order chi connectivity index (χ1) is 11.3. The van der Waals surface area contributed by atoms with Crippen molar-refractivity contribution in [3.63, 3.8) is 0 Å². The molecule has 0 aliphatic carbocycles. The van der Waals surface area contributed by atoms with E-state index in [0.29, 0.717) is 0 Å². The Hall–Kier alpha value is -1.91. The van der Waals surface area contributed by atoms with E-state index in [2.05, 4.69) is 49.1 Å². The molecule has 1 heterocycles. The number of rotatable bonds is 7. The van der Waals surface area contributed by atoms with Crippen molar-refractivity contribution in [3.05, 3.63) is 48.5 Å². The number of likely N-dealkylation sites (N-methyl/N-ethyl adjacent to an activating group) is 1. The minimum absolute atomic E-state index is 0.724. The smallest absolute Gasteiger partial charge is 0.124 e. The number of fused-ring (bicyclic) bond motifs is 1. The summed E-state index contributed by atoms with van der Waals surface area (Å²) in [4.78, 5) is 7.05. The molecule has 0 atom stereocenters. The Labute approximate surface area is 141 Å². The summed E-state index contributed by atoms with van der Waals surface area (Å²) in [6.45, 7) is 8.17. The Balaban J connectivity index is 1.65. The molecule has 0 aliphatic rings. The molecule has 120 valence electrons. The molecule has 0 radical (unpaired) electrons. The van der Waals surface area contributed by atoms with Crippen molar-refractivity contribution >= 4 is 21.6 Å². The van der Waals surface area contributed by atoms with E-state index in [0.717, 1.165) is 48.1 Å². The quantitative estimate of drug-likeness (QED) is 0.630. The highest BCUT2D eigenvalue weighted by molar-refractivity contribution is 7.21. The van der Waals surface area contributed by atoms with E-state index >= 15 is 0 Å². The number of hydrogen-bond acceptors (Lipinski definition) is 4. The maximum Gasteiger partial charge on any atom is 0.124 e. The van der Waals surface area contributed by atoms with Crippen molar-refractivity contribution in [2.45, 2.75) is 13.8 Å². The highest BCUT2D eigenvalue weighted by atomic mass is 32.1. The minimum Gasteiger partial charge on any atom is -0.492 e. The zero-order valence-electron chi connectivity index (χ0n) is 13.7. The van der Waals surface area contributed by atoms with Gasteiger partial charge in [0.25, 0.3) is 0 Å². The summed E-state index contributed by atoms with van der Waals surface area (Å²) in [5.74, 6) is 0.919. The molecule has 0 amide bonds. The van der Waals surface area contributed by atoms with Gasteiger partial charge in [0.2, 0.25) is 0 Å². The van der Waals surface area contributed by atoms with Gasteiger partial charge in [0, 0.05) is 12.1 Å². The Morgan fingerprint density at radius 2 is 1.74 bits per heavy atom. The van der Waals surface area contributed by atoms with Crippen molar-refractivity contribution in [1.82, 2.24) is 9.88 Å². The zero-order valence-corrected chi connectivity index (χ0v) is 14.5. The second-order valence-electron chi connectivity index (χ2n) is 5.39. The second-order valence-corrected chi connectivity index (χ2v) is 6.42. The van der Waals surface area contributed by atoms with Crippen LogP contribution in [0.25, 0.3) is 20.8 Å². The summed E-state index contributed by atoms with van der Waals surface area (Å²) in [5.41, 5.74) is 2.20. The fourth-order valence-corrected chi connectivity index (χ4v) is 3.49. The van der Waals surface area contributed by atoms with Crippen LogP contribution in [0.1, 0.15) is 13.8 Å². The van der Waals surface area contributed by atoms with Crippen molar-refractivity contribution < 1.29 is 4.74 Å². The van der Waals surface area contributed by atoms with Crippen LogP contribution in [0.4, 0.5) is 0 Å². The molecule has 0 saturated heterocycles. The molecule has 3 nitrogen and oxygen atoms in total. The number of hydrogen-bond donors (Lipinski definition) is 0. The molecule has 1 aromatic heterocycles. The number of benzene rings is 2. The van der Waals surface area contributed by atoms with Crippen molar-refractivity contribution in [2.75, 3.05) is 26.2 Å². The topological polar surface area (TPSA) is 25.4 Å². The number of para-hydroxylation sites is 1. The SMILES string of the molecule is CCN(CC)CCOc1ccc(-c2nc3ccccc3s2)cc1. The van der Waals surface area contributed by atoms with Crippen LogP contribution in [0.5, 0.6) is 5.75 Å². The predicted molar refractivity (Wildman–Crippen MR) is 98.3 cm³/mol. The van der Waals surface area contributed by atoms with Crippen molar-refractivity contribution in [3.8, 4) is 16.3 Å². The first-order valence-electron chi connectivity index (χ1n) is 8.11. The lowest BCUT2D eigenvalue weighted by atomic mass is 10.2. The lowest BCUT2D eigenvalue weighted by molar-refractivity contribution is 0.223. The van der Waals surface area contributed by atoms with E-state index in [4.69, 9.17) is 9.72 Å². The average molecular weight is 326 g/mol. The van der Waals surface area contributed by atoms with Crippen LogP contribution >= 0.6 is 11.3 Å². The van der Waals surface area contributed by atoms with Crippen LogP contribution in [0, 0.1) is 0 Å². The van der Waals surface area contributed by atoms with Gasteiger partial charge in [0.1, 0.15) is 17.4 Å². The highest BCUT2D eigenvalue weighted by Gasteiger charge is 2.06. The Kier molecular flexibility index (Phi) is 5.26. The highest BCUT2D eigenvalue weighted by Crippen LogP contribution is 2.30. The Morgan fingerprint density at radius 3 is 2.43 bits per heavy atom. The molecule has 0 unspecified atom stereocenters. The van der Waals surface area contributed by atoms with E-state index in [1.807, 2.05) is 18.2 Å². The van der Waals surface area contributed by atoms with Gasteiger partial charge in [-0.25, -0.2) is 4.98 Å². The maximum absolute atomic E-state index is 5.83. The van der Waals surface area contributed by atoms with Crippen LogP contribution in [0.3, 0.4) is 0 Å². The van der Waals surface area contributed by atoms with Crippen LogP contribution in [0.15, 0.2) is 48.5 Å². The number of aromatic nitrogens is 1. The first-order valence-corrected chi connectivity index (χ1v) is 8.93. The van der Waals surface area contributed by atoms with Gasteiger partial charge in [0.15, 0.2) is 0 Å². The molecule has 3 aromatic rings. The number of nitrogens with zero attached hydrogens (tertiary/aromatic N) is 2. The number of thiazole rings is 1. The molecular formula is C19H22N2OS. The summed E-state index contributed by atoms with van der Waals surface area (Å²) in [6, 6.07) is 16.5. The Bertz CT molecular complexity index is 714. The van der Waals surface area contributed by atoms with Crippen molar-refractivity contribution in [2.24, 2.45) is 0 Å². The lowest BCUT2D eigenvalue weighted by Crippen LogP contribution is -2.27. The van der Waals surface area contributed by atoms with E-state index < -0.39 is 0 Å². The van der Waals surface area contributed by atoms with Gasteiger partial charge < -0.3 is 9.64 Å². The zero-order chi connectivity index (χ0) is 16.1. The third kappa shape index (κ3) is 3.89. The summed E-state index contributed by atoms with van der Waals surface area (Å²) in [7, 11) is 0. The summed E-state index contributed by atoms with van der Waals surface area (Å²) >= 11 is 1.73. The second kappa shape index (κ2) is 7.57. The van der Waals surface area contributed by atoms with Crippen LogP contribution < -0.4 is 4.74 Å². The third-order valence-corrected chi connectivity index (χ3v) is 5.05. The van der Waals surface area contributed by atoms with Crippen LogP contribution in [0.2, 0.25) is 0 Å². The third-order valence-electron chi connectivity index (χ3n) is 3.97. The molecule has 4 heteroatoms. The van der Waals surface area contributed by atoms with Gasteiger partial charge in [-0.05, 0) is 49.5 Å². The molecular weight excluding hydrogens is 304 g/mol. The van der Waals surface area contributed by atoms with Gasteiger partial charge in [-0.1, -0.05) is 26.0 Å². The van der Waals surface area contributed by atoms with E-state index in [9.17, 15) is 0 Å². The molecule has 0 aliphatic heterocycles. The lowest BCUT2D eigenvalue weighted by Gasteiger charge is -2.18. The van der Waals surface area contributed by atoms with Gasteiger partial charge in [-0.15, -0.1) is 11.3 Å². The van der Waals surface area contributed by atoms with Gasteiger partial charge >= 0.3 is 0 Å². The van der Waals surface area contributed by atoms with E-state index in [1.54, 1.807) is 11.3 Å². The number of ether oxygens (including phenoxy) is 1. The molecule has 23 heavy (non-hydrogen) atoms. The Morgan fingerprint density at radius 1 is 1.00 bits per heavy atom. The first kappa shape index (κ1) is 16.0. The summed E-state index contributed by atoms with van der Waals surface area (Å²) in [5, 5.41) is 1.06. The predicted octanol–water partition coefficient (Wildman–Crippen LogP) is 4.68. The minimum atomic E-state index is 0.724. The molecule has 0 spiro atoms. The van der Waals surface area contributed by atoms with Gasteiger partial charge in [-0.2, -0.15) is 0 Å². The molecule has 0 bridgehead atoms. The molecule has 0 fully saturated rings.